The number of nitrogen functional groups attached to an aromatic ring is 1. The van der Waals surface area contributed by atoms with Crippen molar-refractivity contribution in [3.63, 3.8) is 0 Å². The molecule has 30 heavy (non-hydrogen) atoms. The van der Waals surface area contributed by atoms with Crippen LogP contribution in [-0.4, -0.2) is 24.4 Å². The highest BCUT2D eigenvalue weighted by Crippen LogP contribution is 2.25. The molecule has 0 atom stereocenters. The van der Waals surface area contributed by atoms with Crippen LogP contribution < -0.4 is 21.1 Å². The van der Waals surface area contributed by atoms with Crippen LogP contribution in [-0.2, 0) is 14.8 Å². The number of benzene rings is 2. The molecule has 0 radical (unpaired) electrons. The highest BCUT2D eigenvalue weighted by molar-refractivity contribution is 7.92. The van der Waals surface area contributed by atoms with Crippen molar-refractivity contribution in [2.75, 3.05) is 10.5 Å². The molecule has 0 fully saturated rings. The highest BCUT2D eigenvalue weighted by Gasteiger charge is 2.16. The van der Waals surface area contributed by atoms with E-state index in [0.717, 1.165) is 0 Å². The molecule has 2 aromatic heterocycles. The third-order valence-corrected chi connectivity index (χ3v) is 5.64. The summed E-state index contributed by atoms with van der Waals surface area (Å²) in [7, 11) is -3.77. The summed E-state index contributed by atoms with van der Waals surface area (Å²) in [5.41, 5.74) is 7.31. The minimum atomic E-state index is -3.77. The van der Waals surface area contributed by atoms with Crippen LogP contribution >= 0.6 is 0 Å². The molecule has 10 heteroatoms. The maximum Gasteiger partial charge on any atom is 0.272 e. The Morgan fingerprint density at radius 1 is 1.10 bits per heavy atom. The van der Waals surface area contributed by atoms with Crippen LogP contribution in [0, 0.1) is 0 Å². The van der Waals surface area contributed by atoms with Crippen molar-refractivity contribution in [2.45, 2.75) is 18.2 Å². The molecule has 9 nitrogen and oxygen atoms in total. The van der Waals surface area contributed by atoms with E-state index >= 15 is 0 Å². The van der Waals surface area contributed by atoms with Crippen molar-refractivity contribution in [3.05, 3.63) is 65.1 Å². The number of fused-ring (bicyclic) bond motifs is 3. The van der Waals surface area contributed by atoms with Crippen LogP contribution in [0.2, 0.25) is 0 Å². The summed E-state index contributed by atoms with van der Waals surface area (Å²) in [6.45, 7) is 1.54. The number of hydrogen-bond acceptors (Lipinski definition) is 6. The zero-order valence-electron chi connectivity index (χ0n) is 15.9. The van der Waals surface area contributed by atoms with E-state index in [4.69, 9.17) is 5.73 Å². The first-order chi connectivity index (χ1) is 14.2. The number of carboxylic acid groups (broad SMARTS) is 1. The average molecular weight is 427 g/mol. The number of anilines is 2. The summed E-state index contributed by atoms with van der Waals surface area (Å²) in [6, 6.07) is 12.7. The Balaban J connectivity index is 0.000000461. The van der Waals surface area contributed by atoms with Gasteiger partial charge in [-0.25, -0.2) is 8.42 Å². The molecule has 5 N–H and O–H groups in total. The minimum absolute atomic E-state index is 0.103. The fourth-order valence-electron chi connectivity index (χ4n) is 2.75. The van der Waals surface area contributed by atoms with Gasteiger partial charge in [0, 0.05) is 39.8 Å². The van der Waals surface area contributed by atoms with Gasteiger partial charge in [0.15, 0.2) is 0 Å². The molecule has 156 valence electrons. The summed E-state index contributed by atoms with van der Waals surface area (Å²) >= 11 is 0. The zero-order chi connectivity index (χ0) is 21.9. The molecule has 4 aromatic rings. The van der Waals surface area contributed by atoms with Gasteiger partial charge in [-0.05, 0) is 55.0 Å². The largest absolute Gasteiger partial charge is 0.550 e. The van der Waals surface area contributed by atoms with Crippen LogP contribution in [0.3, 0.4) is 0 Å². The summed E-state index contributed by atoms with van der Waals surface area (Å²) in [5.74, 6) is -0.995. The highest BCUT2D eigenvalue weighted by atomic mass is 32.2. The molecule has 0 aliphatic rings. The second kappa shape index (κ2) is 8.29. The normalized spacial score (nSPS) is 11.1. The number of H-pyrrole nitrogens is 2. The van der Waals surface area contributed by atoms with Crippen LogP contribution in [0.1, 0.15) is 13.3 Å². The number of rotatable bonds is 4. The van der Waals surface area contributed by atoms with E-state index in [2.05, 4.69) is 14.7 Å². The third kappa shape index (κ3) is 4.44. The van der Waals surface area contributed by atoms with Crippen LogP contribution in [0.4, 0.5) is 11.4 Å². The van der Waals surface area contributed by atoms with Gasteiger partial charge in [0.05, 0.1) is 4.90 Å². The second-order valence-corrected chi connectivity index (χ2v) is 8.06. The number of nitrogens with one attached hydrogen (secondary N) is 3. The molecule has 2 aromatic carbocycles. The Morgan fingerprint density at radius 2 is 1.77 bits per heavy atom. The summed E-state index contributed by atoms with van der Waals surface area (Å²) in [5, 5.41) is 10.6. The van der Waals surface area contributed by atoms with Gasteiger partial charge in [0.2, 0.25) is 0 Å². The van der Waals surface area contributed by atoms with Crippen molar-refractivity contribution >= 4 is 49.2 Å². The van der Waals surface area contributed by atoms with E-state index in [-0.39, 0.29) is 16.9 Å². The smallest absolute Gasteiger partial charge is 0.272 e. The SMILES string of the molecule is CCC(=O)[O-].Nc1ccc(NS(=O)(=O)c2ccc3[nH]c(=O)c4[nH]ccc4c3c2)cc1. The lowest BCUT2D eigenvalue weighted by atomic mass is 10.1. The molecule has 0 saturated carbocycles. The molecule has 0 spiro atoms. The lowest BCUT2D eigenvalue weighted by molar-refractivity contribution is -0.305. The summed E-state index contributed by atoms with van der Waals surface area (Å²) in [4.78, 5) is 26.9. The first-order valence-corrected chi connectivity index (χ1v) is 10.4. The van der Waals surface area contributed by atoms with Gasteiger partial charge in [0.1, 0.15) is 5.52 Å². The van der Waals surface area contributed by atoms with Crippen molar-refractivity contribution in [1.29, 1.82) is 0 Å². The molecular weight excluding hydrogens is 408 g/mol. The van der Waals surface area contributed by atoms with Crippen LogP contribution in [0.25, 0.3) is 21.8 Å². The van der Waals surface area contributed by atoms with Gasteiger partial charge in [-0.2, -0.15) is 0 Å². The first-order valence-electron chi connectivity index (χ1n) is 8.92. The number of hydrogen-bond donors (Lipinski definition) is 4. The fourth-order valence-corrected chi connectivity index (χ4v) is 3.84. The van der Waals surface area contributed by atoms with Gasteiger partial charge in [-0.15, -0.1) is 0 Å². The lowest BCUT2D eigenvalue weighted by Crippen LogP contribution is -2.19. The monoisotopic (exact) mass is 427 g/mol. The number of carbonyl (C=O) groups is 1. The molecule has 2 heterocycles. The van der Waals surface area contributed by atoms with Crippen LogP contribution in [0.15, 0.2) is 64.4 Å². The van der Waals surface area contributed by atoms with Gasteiger partial charge < -0.3 is 25.6 Å². The molecule has 0 aliphatic carbocycles. The Hall–Kier alpha value is -3.79. The van der Waals surface area contributed by atoms with E-state index in [1.54, 1.807) is 48.7 Å². The molecule has 4 rings (SSSR count). The Labute approximate surface area is 171 Å². The number of pyridine rings is 1. The van der Waals surface area contributed by atoms with E-state index in [1.807, 2.05) is 0 Å². The Kier molecular flexibility index (Phi) is 5.79. The molecular formula is C20H19N4O5S-. The van der Waals surface area contributed by atoms with E-state index in [9.17, 15) is 23.1 Å². The molecule has 0 amide bonds. The quantitative estimate of drug-likeness (QED) is 0.361. The van der Waals surface area contributed by atoms with Crippen molar-refractivity contribution in [3.8, 4) is 0 Å². The number of carbonyl (C=O) groups excluding carboxylic acids is 1. The Bertz CT molecular complexity index is 1370. The van der Waals surface area contributed by atoms with E-state index < -0.39 is 16.0 Å². The van der Waals surface area contributed by atoms with Crippen molar-refractivity contribution < 1.29 is 18.3 Å². The molecule has 0 unspecified atom stereocenters. The van der Waals surface area contributed by atoms with Crippen LogP contribution in [0.5, 0.6) is 0 Å². The molecule has 0 saturated heterocycles. The number of aromatic nitrogens is 2. The molecule has 0 aliphatic heterocycles. The number of aromatic amines is 2. The predicted octanol–water partition coefficient (Wildman–Crippen LogP) is 1.54. The van der Waals surface area contributed by atoms with Gasteiger partial charge in [-0.3, -0.25) is 9.52 Å². The van der Waals surface area contributed by atoms with E-state index in [1.165, 1.54) is 13.0 Å². The third-order valence-electron chi connectivity index (χ3n) is 4.27. The topological polar surface area (TPSA) is 161 Å². The predicted molar refractivity (Wildman–Crippen MR) is 113 cm³/mol. The standard InChI is InChI=1S/C17H14N4O3S.C3H6O2/c18-10-1-3-11(4-2-10)21-25(23,24)12-5-6-15-14(9-12)13-7-8-19-16(13)17(22)20-15;1-2-3(4)5/h1-9,19,21H,18H2,(H,20,22);2H2,1H3,(H,4,5)/p-1. The minimum Gasteiger partial charge on any atom is -0.550 e. The fraction of sp³-hybridized carbons (Fsp3) is 0.100. The maximum atomic E-state index is 12.6. The van der Waals surface area contributed by atoms with Gasteiger partial charge >= 0.3 is 0 Å². The van der Waals surface area contributed by atoms with E-state index in [0.29, 0.717) is 33.2 Å². The number of carboxylic acids is 1. The second-order valence-electron chi connectivity index (χ2n) is 6.38. The summed E-state index contributed by atoms with van der Waals surface area (Å²) in [6.07, 6.45) is 1.76. The Morgan fingerprint density at radius 3 is 2.40 bits per heavy atom. The summed E-state index contributed by atoms with van der Waals surface area (Å²) < 4.78 is 27.8. The van der Waals surface area contributed by atoms with Crippen molar-refractivity contribution in [2.24, 2.45) is 0 Å². The number of aliphatic carboxylic acids is 1. The molecule has 0 bridgehead atoms. The van der Waals surface area contributed by atoms with Crippen molar-refractivity contribution in [1.82, 2.24) is 9.97 Å². The maximum absolute atomic E-state index is 12.6. The zero-order valence-corrected chi connectivity index (χ0v) is 16.7. The number of nitrogens with two attached hydrogens (primary N) is 1. The average Bonchev–Trinajstić information content (AvgIpc) is 3.21. The lowest BCUT2D eigenvalue weighted by Gasteiger charge is -2.09. The first kappa shape index (κ1) is 20.9. The van der Waals surface area contributed by atoms with Gasteiger partial charge in [-0.1, -0.05) is 6.92 Å². The number of sulfonamides is 1. The van der Waals surface area contributed by atoms with Gasteiger partial charge in [0.25, 0.3) is 15.6 Å².